The summed E-state index contributed by atoms with van der Waals surface area (Å²) in [5, 5.41) is 10.1. The summed E-state index contributed by atoms with van der Waals surface area (Å²) >= 11 is 0. The van der Waals surface area contributed by atoms with E-state index in [0.717, 1.165) is 18.4 Å². The zero-order chi connectivity index (χ0) is 10.2. The molecular formula is C10H14N2O2. The number of aliphatic hydroxyl groups is 1. The maximum Gasteiger partial charge on any atom is 0.316 e. The van der Waals surface area contributed by atoms with Gasteiger partial charge in [-0.05, 0) is 18.8 Å². The van der Waals surface area contributed by atoms with E-state index in [0.29, 0.717) is 11.9 Å². The number of hydrogen-bond donors (Lipinski definition) is 1. The van der Waals surface area contributed by atoms with E-state index in [9.17, 15) is 5.11 Å². The molecule has 2 rings (SSSR count). The van der Waals surface area contributed by atoms with Gasteiger partial charge in [-0.25, -0.2) is 9.97 Å². The second kappa shape index (κ2) is 3.20. The van der Waals surface area contributed by atoms with Crippen molar-refractivity contribution >= 4 is 0 Å². The van der Waals surface area contributed by atoms with Crippen LogP contribution in [0.1, 0.15) is 25.3 Å². The molecule has 1 saturated carbocycles. The minimum absolute atomic E-state index is 0.338. The van der Waals surface area contributed by atoms with Crippen molar-refractivity contribution in [1.82, 2.24) is 9.97 Å². The van der Waals surface area contributed by atoms with Crippen molar-refractivity contribution in [2.45, 2.75) is 25.4 Å². The molecule has 0 aliphatic heterocycles. The molecule has 0 radical (unpaired) electrons. The normalized spacial score (nSPS) is 30.9. The van der Waals surface area contributed by atoms with Gasteiger partial charge in [-0.15, -0.1) is 0 Å². The third-order valence-electron chi connectivity index (χ3n) is 2.72. The molecule has 1 N–H and O–H groups in total. The predicted molar refractivity (Wildman–Crippen MR) is 50.9 cm³/mol. The SMILES string of the molecule is COc1ncc(C2(O)CC(C)C2)cn1. The van der Waals surface area contributed by atoms with Crippen molar-refractivity contribution in [3.8, 4) is 6.01 Å². The van der Waals surface area contributed by atoms with Crippen molar-refractivity contribution < 1.29 is 9.84 Å². The lowest BCUT2D eigenvalue weighted by Crippen LogP contribution is -2.39. The summed E-state index contributed by atoms with van der Waals surface area (Å²) in [7, 11) is 1.52. The van der Waals surface area contributed by atoms with Gasteiger partial charge in [0.05, 0.1) is 12.7 Å². The van der Waals surface area contributed by atoms with Crippen molar-refractivity contribution in [2.24, 2.45) is 5.92 Å². The molecule has 76 valence electrons. The molecular weight excluding hydrogens is 180 g/mol. The summed E-state index contributed by atoms with van der Waals surface area (Å²) in [6, 6.07) is 0.338. The number of hydrogen-bond acceptors (Lipinski definition) is 4. The summed E-state index contributed by atoms with van der Waals surface area (Å²) < 4.78 is 4.85. The van der Waals surface area contributed by atoms with E-state index in [1.54, 1.807) is 12.4 Å². The van der Waals surface area contributed by atoms with Gasteiger partial charge in [0.2, 0.25) is 0 Å². The van der Waals surface area contributed by atoms with Gasteiger partial charge in [-0.3, -0.25) is 0 Å². The number of rotatable bonds is 2. The first-order valence-corrected chi connectivity index (χ1v) is 4.73. The van der Waals surface area contributed by atoms with Gasteiger partial charge in [-0.2, -0.15) is 0 Å². The molecule has 14 heavy (non-hydrogen) atoms. The van der Waals surface area contributed by atoms with Gasteiger partial charge in [0.1, 0.15) is 0 Å². The summed E-state index contributed by atoms with van der Waals surface area (Å²) in [5.41, 5.74) is 0.0856. The largest absolute Gasteiger partial charge is 0.467 e. The number of nitrogens with zero attached hydrogens (tertiary/aromatic N) is 2. The second-order valence-electron chi connectivity index (χ2n) is 4.00. The smallest absolute Gasteiger partial charge is 0.316 e. The van der Waals surface area contributed by atoms with E-state index >= 15 is 0 Å². The summed E-state index contributed by atoms with van der Waals surface area (Å²) in [6.07, 6.45) is 4.86. The van der Waals surface area contributed by atoms with Gasteiger partial charge >= 0.3 is 6.01 Å². The highest BCUT2D eigenvalue weighted by Gasteiger charge is 2.42. The Hall–Kier alpha value is -1.16. The molecule has 1 fully saturated rings. The number of ether oxygens (including phenoxy) is 1. The first kappa shape index (κ1) is 9.40. The second-order valence-corrected chi connectivity index (χ2v) is 4.00. The molecule has 4 nitrogen and oxygen atoms in total. The van der Waals surface area contributed by atoms with Crippen molar-refractivity contribution in [2.75, 3.05) is 7.11 Å². The van der Waals surface area contributed by atoms with Crippen LogP contribution >= 0.6 is 0 Å². The Labute approximate surface area is 83.0 Å². The van der Waals surface area contributed by atoms with Crippen LogP contribution in [0.15, 0.2) is 12.4 Å². The Balaban J connectivity index is 2.17. The van der Waals surface area contributed by atoms with Crippen LogP contribution in [0.25, 0.3) is 0 Å². The van der Waals surface area contributed by atoms with Crippen LogP contribution < -0.4 is 4.74 Å². The molecule has 1 aromatic rings. The molecule has 0 unspecified atom stereocenters. The summed E-state index contributed by atoms with van der Waals surface area (Å²) in [4.78, 5) is 7.95. The molecule has 1 aromatic heterocycles. The minimum Gasteiger partial charge on any atom is -0.467 e. The van der Waals surface area contributed by atoms with Crippen LogP contribution in [0.3, 0.4) is 0 Å². The maximum atomic E-state index is 10.1. The molecule has 1 aliphatic carbocycles. The molecule has 1 aliphatic rings. The van der Waals surface area contributed by atoms with Crippen LogP contribution in [0.5, 0.6) is 6.01 Å². The van der Waals surface area contributed by atoms with Gasteiger partial charge < -0.3 is 9.84 Å². The fourth-order valence-electron chi connectivity index (χ4n) is 1.99. The van der Waals surface area contributed by atoms with E-state index in [4.69, 9.17) is 4.74 Å². The van der Waals surface area contributed by atoms with E-state index in [2.05, 4.69) is 16.9 Å². The topological polar surface area (TPSA) is 55.2 Å². The lowest BCUT2D eigenvalue weighted by atomic mass is 9.69. The van der Waals surface area contributed by atoms with Gasteiger partial charge in [0.25, 0.3) is 0 Å². The molecule has 0 aromatic carbocycles. The van der Waals surface area contributed by atoms with E-state index in [1.807, 2.05) is 0 Å². The highest BCUT2D eigenvalue weighted by atomic mass is 16.5. The highest BCUT2D eigenvalue weighted by Crippen LogP contribution is 2.44. The fourth-order valence-corrected chi connectivity index (χ4v) is 1.99. The van der Waals surface area contributed by atoms with Crippen LogP contribution in [0, 0.1) is 5.92 Å². The van der Waals surface area contributed by atoms with Gasteiger partial charge in [0.15, 0.2) is 0 Å². The quantitative estimate of drug-likeness (QED) is 0.766. The Morgan fingerprint density at radius 1 is 1.43 bits per heavy atom. The van der Waals surface area contributed by atoms with Crippen LogP contribution in [0.4, 0.5) is 0 Å². The number of methoxy groups -OCH3 is 1. The third kappa shape index (κ3) is 1.46. The lowest BCUT2D eigenvalue weighted by Gasteiger charge is -2.41. The van der Waals surface area contributed by atoms with Crippen LogP contribution in [0.2, 0.25) is 0 Å². The summed E-state index contributed by atoms with van der Waals surface area (Å²) in [5.74, 6) is 0.585. The average Bonchev–Trinajstić information content (AvgIpc) is 2.16. The molecule has 1 heterocycles. The Morgan fingerprint density at radius 3 is 2.43 bits per heavy atom. The Morgan fingerprint density at radius 2 is 2.00 bits per heavy atom. The van der Waals surface area contributed by atoms with E-state index < -0.39 is 5.60 Å². The number of aromatic nitrogens is 2. The average molecular weight is 194 g/mol. The van der Waals surface area contributed by atoms with E-state index in [1.165, 1.54) is 7.11 Å². The lowest BCUT2D eigenvalue weighted by molar-refractivity contribution is -0.0744. The van der Waals surface area contributed by atoms with Crippen LogP contribution in [-0.2, 0) is 5.60 Å². The van der Waals surface area contributed by atoms with Crippen molar-refractivity contribution in [1.29, 1.82) is 0 Å². The third-order valence-corrected chi connectivity index (χ3v) is 2.72. The molecule has 0 amide bonds. The highest BCUT2D eigenvalue weighted by molar-refractivity contribution is 5.20. The first-order valence-electron chi connectivity index (χ1n) is 4.73. The fraction of sp³-hybridized carbons (Fsp3) is 0.600. The van der Waals surface area contributed by atoms with Gasteiger partial charge in [-0.1, -0.05) is 6.92 Å². The molecule has 0 spiro atoms. The van der Waals surface area contributed by atoms with Crippen molar-refractivity contribution in [3.05, 3.63) is 18.0 Å². The first-order chi connectivity index (χ1) is 6.64. The zero-order valence-corrected chi connectivity index (χ0v) is 8.40. The van der Waals surface area contributed by atoms with Crippen LogP contribution in [-0.4, -0.2) is 22.2 Å². The monoisotopic (exact) mass is 194 g/mol. The van der Waals surface area contributed by atoms with E-state index in [-0.39, 0.29) is 0 Å². The maximum absolute atomic E-state index is 10.1. The Bertz CT molecular complexity index is 317. The standard InChI is InChI=1S/C10H14N2O2/c1-7-3-10(13,4-7)8-5-11-9(14-2)12-6-8/h5-7,13H,3-4H2,1-2H3. The zero-order valence-electron chi connectivity index (χ0n) is 8.40. The minimum atomic E-state index is -0.703. The molecule has 0 atom stereocenters. The molecule has 0 bridgehead atoms. The van der Waals surface area contributed by atoms with Gasteiger partial charge in [0, 0.05) is 18.0 Å². The van der Waals surface area contributed by atoms with Crippen molar-refractivity contribution in [3.63, 3.8) is 0 Å². The summed E-state index contributed by atoms with van der Waals surface area (Å²) in [6.45, 7) is 2.12. The predicted octanol–water partition coefficient (Wildman–Crippen LogP) is 1.10. The molecule has 0 saturated heterocycles. The Kier molecular flexibility index (Phi) is 2.15. The molecule has 4 heteroatoms.